The van der Waals surface area contributed by atoms with E-state index in [0.29, 0.717) is 11.4 Å². The van der Waals surface area contributed by atoms with Gasteiger partial charge in [0.05, 0.1) is 6.20 Å². The van der Waals surface area contributed by atoms with Crippen molar-refractivity contribution in [1.82, 2.24) is 15.4 Å². The van der Waals surface area contributed by atoms with E-state index in [-0.39, 0.29) is 23.2 Å². The number of rotatable bonds is 5. The number of benzene rings is 1. The number of carbonyl (C=O) groups excluding carboxylic acids is 1. The molecule has 7 nitrogen and oxygen atoms in total. The number of amides is 1. The highest BCUT2D eigenvalue weighted by Crippen LogP contribution is 2.16. The summed E-state index contributed by atoms with van der Waals surface area (Å²) in [5.74, 6) is 0.276. The predicted octanol–water partition coefficient (Wildman–Crippen LogP) is 0.722. The number of ether oxygens (including phenoxy) is 1. The molecule has 1 amide bonds. The highest BCUT2D eigenvalue weighted by atomic mass is 32.1. The molecule has 0 spiro atoms. The summed E-state index contributed by atoms with van der Waals surface area (Å²) in [6.07, 6.45) is 1.34. The van der Waals surface area contributed by atoms with Crippen LogP contribution in [0, 0.1) is 0 Å². The third kappa shape index (κ3) is 3.75. The zero-order valence-corrected chi connectivity index (χ0v) is 10.6. The molecular weight excluding hydrogens is 266 g/mol. The second-order valence-corrected chi connectivity index (χ2v) is 4.11. The van der Waals surface area contributed by atoms with Crippen LogP contribution in [0.1, 0.15) is 10.5 Å². The number of nitrogens with one attached hydrogen (secondary N) is 2. The van der Waals surface area contributed by atoms with E-state index in [9.17, 15) is 4.79 Å². The molecule has 1 aromatic carbocycles. The first-order valence-corrected chi connectivity index (χ1v) is 5.74. The number of aromatic nitrogens is 3. The molecule has 2 aromatic rings. The van der Waals surface area contributed by atoms with Crippen LogP contribution in [0.4, 0.5) is 5.69 Å². The van der Waals surface area contributed by atoms with Crippen molar-refractivity contribution >= 4 is 28.8 Å². The standard InChI is InChI=1S/C11H11N5O2S/c12-10(19)6-18-8-3-1-7(2-4-8)14-11(17)9-5-13-16-15-9/h1-5H,6H2,(H2,12,19)(H,14,17)(H,13,15,16). The van der Waals surface area contributed by atoms with Crippen LogP contribution >= 0.6 is 12.2 Å². The fourth-order valence-corrected chi connectivity index (χ4v) is 1.35. The summed E-state index contributed by atoms with van der Waals surface area (Å²) in [7, 11) is 0. The average molecular weight is 277 g/mol. The van der Waals surface area contributed by atoms with Crippen molar-refractivity contribution in [3.8, 4) is 5.75 Å². The fraction of sp³-hybridized carbons (Fsp3) is 0.0909. The van der Waals surface area contributed by atoms with Crippen LogP contribution in [0.25, 0.3) is 0 Å². The average Bonchev–Trinajstić information content (AvgIpc) is 2.92. The summed E-state index contributed by atoms with van der Waals surface area (Å²) in [5.41, 5.74) is 6.16. The van der Waals surface area contributed by atoms with Gasteiger partial charge in [-0.1, -0.05) is 12.2 Å². The lowest BCUT2D eigenvalue weighted by Gasteiger charge is -2.06. The molecule has 0 radical (unpaired) electrons. The van der Waals surface area contributed by atoms with Gasteiger partial charge in [0.2, 0.25) is 0 Å². The molecule has 0 aliphatic heterocycles. The molecule has 1 heterocycles. The predicted molar refractivity (Wildman–Crippen MR) is 73.1 cm³/mol. The number of H-pyrrole nitrogens is 1. The monoisotopic (exact) mass is 277 g/mol. The summed E-state index contributed by atoms with van der Waals surface area (Å²) < 4.78 is 5.29. The topological polar surface area (TPSA) is 106 Å². The van der Waals surface area contributed by atoms with Gasteiger partial charge in [-0.25, -0.2) is 0 Å². The third-order valence-corrected chi connectivity index (χ3v) is 2.26. The van der Waals surface area contributed by atoms with Crippen LogP contribution in [0.2, 0.25) is 0 Å². The largest absolute Gasteiger partial charge is 0.487 e. The minimum atomic E-state index is -0.342. The molecule has 4 N–H and O–H groups in total. The third-order valence-electron chi connectivity index (χ3n) is 2.14. The van der Waals surface area contributed by atoms with Gasteiger partial charge < -0.3 is 15.8 Å². The molecule has 98 valence electrons. The van der Waals surface area contributed by atoms with Crippen molar-refractivity contribution in [2.24, 2.45) is 5.73 Å². The molecule has 0 aliphatic carbocycles. The van der Waals surface area contributed by atoms with Gasteiger partial charge in [-0.15, -0.1) is 0 Å². The maximum atomic E-state index is 11.7. The van der Waals surface area contributed by atoms with Gasteiger partial charge in [0, 0.05) is 5.69 Å². The van der Waals surface area contributed by atoms with E-state index >= 15 is 0 Å². The number of nitrogens with zero attached hydrogens (tertiary/aromatic N) is 2. The Hall–Kier alpha value is -2.48. The summed E-state index contributed by atoms with van der Waals surface area (Å²) in [6, 6.07) is 6.81. The van der Waals surface area contributed by atoms with Gasteiger partial charge in [-0.3, -0.25) is 4.79 Å². The highest BCUT2D eigenvalue weighted by molar-refractivity contribution is 7.80. The van der Waals surface area contributed by atoms with Crippen molar-refractivity contribution in [1.29, 1.82) is 0 Å². The number of carbonyl (C=O) groups is 1. The Labute approximate surface area is 114 Å². The van der Waals surface area contributed by atoms with E-state index in [1.54, 1.807) is 24.3 Å². The lowest BCUT2D eigenvalue weighted by Crippen LogP contribution is -2.17. The smallest absolute Gasteiger partial charge is 0.277 e. The van der Waals surface area contributed by atoms with Crippen LogP contribution in [0.15, 0.2) is 30.5 Å². The first-order chi connectivity index (χ1) is 9.15. The molecule has 0 saturated carbocycles. The van der Waals surface area contributed by atoms with Crippen LogP contribution in [0.5, 0.6) is 5.75 Å². The second-order valence-electron chi connectivity index (χ2n) is 3.59. The molecule has 0 bridgehead atoms. The molecule has 2 rings (SSSR count). The Morgan fingerprint density at radius 1 is 1.42 bits per heavy atom. The maximum absolute atomic E-state index is 11.7. The number of aromatic amines is 1. The minimum Gasteiger partial charge on any atom is -0.487 e. The quantitative estimate of drug-likeness (QED) is 0.695. The van der Waals surface area contributed by atoms with Crippen molar-refractivity contribution in [2.45, 2.75) is 0 Å². The molecule has 0 fully saturated rings. The summed E-state index contributed by atoms with van der Waals surface area (Å²) >= 11 is 4.70. The lowest BCUT2D eigenvalue weighted by atomic mass is 10.3. The van der Waals surface area contributed by atoms with Gasteiger partial charge in [0.1, 0.15) is 17.3 Å². The Morgan fingerprint density at radius 2 is 2.16 bits per heavy atom. The summed E-state index contributed by atoms with van der Waals surface area (Å²) in [5, 5.41) is 12.3. The van der Waals surface area contributed by atoms with Crippen molar-refractivity contribution in [3.05, 3.63) is 36.2 Å². The molecule has 8 heteroatoms. The first kappa shape index (κ1) is 13.0. The van der Waals surface area contributed by atoms with Gasteiger partial charge in [-0.2, -0.15) is 15.4 Å². The van der Waals surface area contributed by atoms with Gasteiger partial charge in [0.25, 0.3) is 5.91 Å². The maximum Gasteiger partial charge on any atom is 0.277 e. The Kier molecular flexibility index (Phi) is 4.04. The van der Waals surface area contributed by atoms with E-state index < -0.39 is 0 Å². The minimum absolute atomic E-state index is 0.181. The fourth-order valence-electron chi connectivity index (χ4n) is 1.30. The molecule has 1 aromatic heterocycles. The van der Waals surface area contributed by atoms with Gasteiger partial charge >= 0.3 is 0 Å². The van der Waals surface area contributed by atoms with E-state index in [1.165, 1.54) is 6.20 Å². The molecule has 0 saturated heterocycles. The van der Waals surface area contributed by atoms with E-state index in [0.717, 1.165) is 0 Å². The number of thiocarbonyl (C=S) groups is 1. The molecule has 0 atom stereocenters. The molecule has 0 aliphatic rings. The lowest BCUT2D eigenvalue weighted by molar-refractivity contribution is 0.102. The number of nitrogens with two attached hydrogens (primary N) is 1. The second kappa shape index (κ2) is 5.91. The molecule has 0 unspecified atom stereocenters. The molecule has 19 heavy (non-hydrogen) atoms. The van der Waals surface area contributed by atoms with Crippen molar-refractivity contribution in [2.75, 3.05) is 11.9 Å². The zero-order valence-electron chi connectivity index (χ0n) is 9.79. The zero-order chi connectivity index (χ0) is 13.7. The van der Waals surface area contributed by atoms with Crippen molar-refractivity contribution in [3.63, 3.8) is 0 Å². The van der Waals surface area contributed by atoms with Crippen molar-refractivity contribution < 1.29 is 9.53 Å². The Bertz CT molecular complexity index is 567. The van der Waals surface area contributed by atoms with Crippen LogP contribution in [-0.4, -0.2) is 32.9 Å². The summed E-state index contributed by atoms with van der Waals surface area (Å²) in [6.45, 7) is 0.181. The highest BCUT2D eigenvalue weighted by Gasteiger charge is 2.08. The van der Waals surface area contributed by atoms with Gasteiger partial charge in [-0.05, 0) is 24.3 Å². The summed E-state index contributed by atoms with van der Waals surface area (Å²) in [4.78, 5) is 12.0. The normalized spacial score (nSPS) is 9.89. The number of anilines is 1. The Morgan fingerprint density at radius 3 is 2.74 bits per heavy atom. The Balaban J connectivity index is 1.95. The van der Waals surface area contributed by atoms with Crippen LogP contribution < -0.4 is 15.8 Å². The van der Waals surface area contributed by atoms with Crippen LogP contribution in [-0.2, 0) is 0 Å². The SMILES string of the molecule is NC(=S)COc1ccc(NC(=O)c2cn[nH]n2)cc1. The van der Waals surface area contributed by atoms with E-state index in [2.05, 4.69) is 20.7 Å². The number of hydrogen-bond donors (Lipinski definition) is 3. The van der Waals surface area contributed by atoms with Gasteiger partial charge in [0.15, 0.2) is 5.69 Å². The van der Waals surface area contributed by atoms with E-state index in [1.807, 2.05) is 0 Å². The molecular formula is C11H11N5O2S. The first-order valence-electron chi connectivity index (χ1n) is 5.33. The number of hydrogen-bond acceptors (Lipinski definition) is 5. The van der Waals surface area contributed by atoms with E-state index in [4.69, 9.17) is 22.7 Å². The van der Waals surface area contributed by atoms with Crippen LogP contribution in [0.3, 0.4) is 0 Å².